The van der Waals surface area contributed by atoms with Crippen molar-refractivity contribution in [3.05, 3.63) is 0 Å². The Hall–Kier alpha value is 0.227. The van der Waals surface area contributed by atoms with Gasteiger partial charge in [0.25, 0.3) is 0 Å². The van der Waals surface area contributed by atoms with E-state index in [1.165, 1.54) is 0 Å². The highest BCUT2D eigenvalue weighted by atomic mass is 35.5. The number of hydrogen-bond donors (Lipinski definition) is 0. The molecule has 0 aromatic carbocycles. The molecule has 0 saturated carbocycles. The van der Waals surface area contributed by atoms with Crippen LogP contribution in [0.15, 0.2) is 0 Å². The lowest BCUT2D eigenvalue weighted by Gasteiger charge is -2.28. The Labute approximate surface area is 184 Å². The van der Waals surface area contributed by atoms with E-state index in [4.69, 9.17) is 43.8 Å². The standard InChI is InChI=1S/C20H43ClO7Si/c1-4-6-10-23-12-14-25-16-18-27-29(22-3,20-8-9-21)28-19-17-26-15-13-24-11-7-5-2/h4-20H2,1-3H3. The van der Waals surface area contributed by atoms with E-state index in [-0.39, 0.29) is 0 Å². The summed E-state index contributed by atoms with van der Waals surface area (Å²) in [6.07, 6.45) is 5.22. The number of hydrogen-bond acceptors (Lipinski definition) is 7. The summed E-state index contributed by atoms with van der Waals surface area (Å²) in [6.45, 7) is 9.99. The third-order valence-corrected chi connectivity index (χ3v) is 7.20. The number of ether oxygens (including phenoxy) is 4. The van der Waals surface area contributed by atoms with Gasteiger partial charge < -0.3 is 32.2 Å². The van der Waals surface area contributed by atoms with Crippen LogP contribution in [0.5, 0.6) is 0 Å². The second kappa shape index (κ2) is 22.9. The molecule has 7 nitrogen and oxygen atoms in total. The highest BCUT2D eigenvalue weighted by molar-refractivity contribution is 6.60. The molecule has 0 unspecified atom stereocenters. The molecule has 0 heterocycles. The first-order chi connectivity index (χ1) is 14.2. The molecule has 0 rings (SSSR count). The average molecular weight is 459 g/mol. The van der Waals surface area contributed by atoms with Crippen LogP contribution in [-0.4, -0.2) is 87.9 Å². The fourth-order valence-corrected chi connectivity index (χ4v) is 4.91. The number of alkyl halides is 1. The first kappa shape index (κ1) is 29.2. The van der Waals surface area contributed by atoms with Gasteiger partial charge in [0.1, 0.15) is 0 Å². The van der Waals surface area contributed by atoms with Gasteiger partial charge in [0.15, 0.2) is 0 Å². The summed E-state index contributed by atoms with van der Waals surface area (Å²) in [5, 5.41) is 0. The molecule has 9 heteroatoms. The second-order valence-electron chi connectivity index (χ2n) is 6.53. The third-order valence-electron chi connectivity index (χ3n) is 4.06. The van der Waals surface area contributed by atoms with Gasteiger partial charge in [0.05, 0.1) is 52.9 Å². The highest BCUT2D eigenvalue weighted by Gasteiger charge is 2.39. The first-order valence-electron chi connectivity index (χ1n) is 10.9. The first-order valence-corrected chi connectivity index (χ1v) is 13.4. The van der Waals surface area contributed by atoms with E-state index >= 15 is 0 Å². The summed E-state index contributed by atoms with van der Waals surface area (Å²) in [5.74, 6) is 0.544. The zero-order valence-corrected chi connectivity index (χ0v) is 20.5. The predicted molar refractivity (Wildman–Crippen MR) is 118 cm³/mol. The van der Waals surface area contributed by atoms with Crippen molar-refractivity contribution in [1.29, 1.82) is 0 Å². The molecule has 0 fully saturated rings. The number of rotatable bonds is 24. The van der Waals surface area contributed by atoms with Crippen molar-refractivity contribution in [3.63, 3.8) is 0 Å². The maximum atomic E-state index is 5.99. The summed E-state index contributed by atoms with van der Waals surface area (Å²) in [7, 11) is -1.14. The number of unbranched alkanes of at least 4 members (excludes halogenated alkanes) is 2. The Bertz CT molecular complexity index is 305. The van der Waals surface area contributed by atoms with Crippen LogP contribution in [0.25, 0.3) is 0 Å². The van der Waals surface area contributed by atoms with Crippen LogP contribution in [0.1, 0.15) is 46.0 Å². The summed E-state index contributed by atoms with van der Waals surface area (Å²) in [4.78, 5) is 0. The van der Waals surface area contributed by atoms with E-state index in [1.54, 1.807) is 7.11 Å². The Morgan fingerprint density at radius 1 is 0.586 bits per heavy atom. The van der Waals surface area contributed by atoms with Crippen LogP contribution in [0.2, 0.25) is 6.04 Å². The minimum absolute atomic E-state index is 0.420. The van der Waals surface area contributed by atoms with Crippen LogP contribution in [0, 0.1) is 0 Å². The van der Waals surface area contributed by atoms with Gasteiger partial charge in [-0.2, -0.15) is 0 Å². The average Bonchev–Trinajstić information content (AvgIpc) is 2.74. The maximum Gasteiger partial charge on any atom is 0.500 e. The monoisotopic (exact) mass is 458 g/mol. The largest absolute Gasteiger partial charge is 0.500 e. The van der Waals surface area contributed by atoms with E-state index in [0.29, 0.717) is 64.8 Å². The molecule has 176 valence electrons. The molecule has 0 spiro atoms. The maximum absolute atomic E-state index is 5.99. The molecule has 0 N–H and O–H groups in total. The van der Waals surface area contributed by atoms with Crippen LogP contribution in [-0.2, 0) is 32.2 Å². The quantitative estimate of drug-likeness (QED) is 0.123. The van der Waals surface area contributed by atoms with Crippen LogP contribution in [0.4, 0.5) is 0 Å². The molecule has 29 heavy (non-hydrogen) atoms. The Kier molecular flexibility index (Phi) is 23.1. The van der Waals surface area contributed by atoms with E-state index < -0.39 is 8.80 Å². The lowest BCUT2D eigenvalue weighted by Crippen LogP contribution is -2.46. The molecule has 0 aliphatic carbocycles. The van der Waals surface area contributed by atoms with Crippen molar-refractivity contribution in [3.8, 4) is 0 Å². The van der Waals surface area contributed by atoms with Crippen molar-refractivity contribution in [2.75, 3.05) is 79.1 Å². The van der Waals surface area contributed by atoms with Gasteiger partial charge in [0, 0.05) is 32.2 Å². The Morgan fingerprint density at radius 3 is 1.38 bits per heavy atom. The molecular formula is C20H43ClO7Si. The van der Waals surface area contributed by atoms with E-state index in [9.17, 15) is 0 Å². The van der Waals surface area contributed by atoms with Crippen molar-refractivity contribution in [2.24, 2.45) is 0 Å². The summed E-state index contributed by atoms with van der Waals surface area (Å²) < 4.78 is 39.7. The van der Waals surface area contributed by atoms with Gasteiger partial charge in [-0.15, -0.1) is 11.6 Å². The minimum Gasteiger partial charge on any atom is -0.379 e. The van der Waals surface area contributed by atoms with Gasteiger partial charge >= 0.3 is 8.80 Å². The third kappa shape index (κ3) is 18.7. The van der Waals surface area contributed by atoms with Crippen LogP contribution in [0.3, 0.4) is 0 Å². The fraction of sp³-hybridized carbons (Fsp3) is 1.00. The molecule has 0 radical (unpaired) electrons. The molecule has 0 aliphatic rings. The molecule has 0 amide bonds. The van der Waals surface area contributed by atoms with E-state index in [1.807, 2.05) is 0 Å². The van der Waals surface area contributed by atoms with Gasteiger partial charge in [-0.25, -0.2) is 0 Å². The number of halogens is 1. The Balaban J connectivity index is 3.93. The zero-order valence-electron chi connectivity index (χ0n) is 18.8. The summed E-state index contributed by atoms with van der Waals surface area (Å²) >= 11 is 5.85. The van der Waals surface area contributed by atoms with Crippen molar-refractivity contribution in [1.82, 2.24) is 0 Å². The highest BCUT2D eigenvalue weighted by Crippen LogP contribution is 2.17. The van der Waals surface area contributed by atoms with Crippen molar-refractivity contribution < 1.29 is 32.2 Å². The second-order valence-corrected chi connectivity index (χ2v) is 9.76. The van der Waals surface area contributed by atoms with Gasteiger partial charge in [-0.3, -0.25) is 0 Å². The lowest BCUT2D eigenvalue weighted by atomic mass is 10.4. The molecule has 0 saturated heterocycles. The van der Waals surface area contributed by atoms with Gasteiger partial charge in [0.2, 0.25) is 0 Å². The molecule has 0 aromatic rings. The Morgan fingerprint density at radius 2 is 1.00 bits per heavy atom. The van der Waals surface area contributed by atoms with Gasteiger partial charge in [-0.1, -0.05) is 26.7 Å². The van der Waals surface area contributed by atoms with E-state index in [2.05, 4.69) is 13.8 Å². The molecule has 0 atom stereocenters. The topological polar surface area (TPSA) is 64.6 Å². The molecule has 0 bridgehead atoms. The molecule has 0 aliphatic heterocycles. The smallest absolute Gasteiger partial charge is 0.379 e. The fourth-order valence-electron chi connectivity index (χ4n) is 2.34. The van der Waals surface area contributed by atoms with Crippen LogP contribution >= 0.6 is 11.6 Å². The van der Waals surface area contributed by atoms with Crippen LogP contribution < -0.4 is 0 Å². The molecule has 0 aromatic heterocycles. The normalized spacial score (nSPS) is 12.0. The van der Waals surface area contributed by atoms with E-state index in [0.717, 1.165) is 45.3 Å². The molecular weight excluding hydrogens is 416 g/mol. The lowest BCUT2D eigenvalue weighted by molar-refractivity contribution is 0.000168. The SMILES string of the molecule is CCCCOCCOCCO[Si](CCCCl)(OC)OCCOCCOCCCC. The van der Waals surface area contributed by atoms with Crippen molar-refractivity contribution >= 4 is 20.4 Å². The summed E-state index contributed by atoms with van der Waals surface area (Å²) in [5.41, 5.74) is 0. The minimum atomic E-state index is -2.77. The van der Waals surface area contributed by atoms with Gasteiger partial charge in [-0.05, 0) is 19.3 Å². The predicted octanol–water partition coefficient (Wildman–Crippen LogP) is 3.90. The summed E-state index contributed by atoms with van der Waals surface area (Å²) in [6, 6.07) is 0.674. The van der Waals surface area contributed by atoms with Crippen molar-refractivity contribution in [2.45, 2.75) is 52.0 Å². The zero-order chi connectivity index (χ0) is 21.5.